The van der Waals surface area contributed by atoms with Gasteiger partial charge in [-0.3, -0.25) is 0 Å². The highest BCUT2D eigenvalue weighted by Crippen LogP contribution is 2.16. The minimum absolute atomic E-state index is 0.204. The van der Waals surface area contributed by atoms with Crippen molar-refractivity contribution in [1.82, 2.24) is 5.32 Å². The number of halogens is 2. The summed E-state index contributed by atoms with van der Waals surface area (Å²) in [4.78, 5) is 23.7. The number of hydrogen-bond acceptors (Lipinski definition) is 3. The lowest BCUT2D eigenvalue weighted by Crippen LogP contribution is -2.41. The van der Waals surface area contributed by atoms with Crippen LogP contribution in [0.2, 0.25) is 0 Å². The van der Waals surface area contributed by atoms with Crippen molar-refractivity contribution >= 4 is 33.6 Å². The molecule has 126 valence electrons. The van der Waals surface area contributed by atoms with E-state index in [1.54, 1.807) is 30.3 Å². The molecule has 2 amide bonds. The first-order valence-electron chi connectivity index (χ1n) is 7.19. The van der Waals surface area contributed by atoms with Crippen LogP contribution in [0.4, 0.5) is 14.9 Å². The molecular weight excluding hydrogens is 379 g/mol. The summed E-state index contributed by atoms with van der Waals surface area (Å²) in [5, 5.41) is 5.06. The third kappa shape index (κ3) is 5.34. The van der Waals surface area contributed by atoms with E-state index in [2.05, 4.69) is 26.6 Å². The van der Waals surface area contributed by atoms with Crippen LogP contribution in [-0.4, -0.2) is 18.0 Å². The third-order valence-electron chi connectivity index (χ3n) is 3.12. The zero-order valence-corrected chi connectivity index (χ0v) is 14.5. The SMILES string of the molecule is C[C@H](NC(=O)Nc1ccccc1)C(=O)OCc1ccc(Br)cc1F. The van der Waals surface area contributed by atoms with Crippen LogP contribution in [0.3, 0.4) is 0 Å². The van der Waals surface area contributed by atoms with Crippen LogP contribution in [-0.2, 0) is 16.1 Å². The quantitative estimate of drug-likeness (QED) is 0.756. The zero-order valence-electron chi connectivity index (χ0n) is 12.9. The normalized spacial score (nSPS) is 11.5. The van der Waals surface area contributed by atoms with Gasteiger partial charge in [0.25, 0.3) is 0 Å². The first-order valence-corrected chi connectivity index (χ1v) is 7.98. The fourth-order valence-corrected chi connectivity index (χ4v) is 2.19. The molecule has 2 aromatic rings. The van der Waals surface area contributed by atoms with E-state index in [1.807, 2.05) is 6.07 Å². The van der Waals surface area contributed by atoms with Crippen molar-refractivity contribution in [2.24, 2.45) is 0 Å². The molecule has 0 aromatic heterocycles. The number of anilines is 1. The highest BCUT2D eigenvalue weighted by atomic mass is 79.9. The topological polar surface area (TPSA) is 67.4 Å². The number of rotatable bonds is 5. The monoisotopic (exact) mass is 394 g/mol. The van der Waals surface area contributed by atoms with E-state index in [4.69, 9.17) is 4.74 Å². The average Bonchev–Trinajstić information content (AvgIpc) is 2.54. The molecule has 7 heteroatoms. The first kappa shape index (κ1) is 17.9. The maximum absolute atomic E-state index is 13.7. The number of carbonyl (C=O) groups excluding carboxylic acids is 2. The Morgan fingerprint density at radius 3 is 2.58 bits per heavy atom. The number of esters is 1. The number of amides is 2. The second-order valence-corrected chi connectivity index (χ2v) is 5.95. The summed E-state index contributed by atoms with van der Waals surface area (Å²) in [6.45, 7) is 1.29. The van der Waals surface area contributed by atoms with Gasteiger partial charge in [-0.25, -0.2) is 14.0 Å². The molecule has 0 saturated heterocycles. The minimum Gasteiger partial charge on any atom is -0.459 e. The number of hydrogen-bond donors (Lipinski definition) is 2. The molecule has 0 radical (unpaired) electrons. The number of carbonyl (C=O) groups is 2. The number of urea groups is 1. The van der Waals surface area contributed by atoms with Gasteiger partial charge in [-0.1, -0.05) is 40.2 Å². The van der Waals surface area contributed by atoms with E-state index in [0.717, 1.165) is 0 Å². The summed E-state index contributed by atoms with van der Waals surface area (Å²) in [6.07, 6.45) is 0. The van der Waals surface area contributed by atoms with Crippen LogP contribution < -0.4 is 10.6 Å². The van der Waals surface area contributed by atoms with Gasteiger partial charge in [0.1, 0.15) is 18.5 Å². The van der Waals surface area contributed by atoms with E-state index in [1.165, 1.54) is 19.1 Å². The molecule has 0 saturated carbocycles. The minimum atomic E-state index is -0.868. The van der Waals surface area contributed by atoms with Crippen molar-refractivity contribution in [3.8, 4) is 0 Å². The van der Waals surface area contributed by atoms with Crippen molar-refractivity contribution in [3.05, 3.63) is 64.4 Å². The maximum atomic E-state index is 13.7. The predicted octanol–water partition coefficient (Wildman–Crippen LogP) is 3.84. The molecule has 0 aliphatic rings. The Balaban J connectivity index is 1.82. The number of nitrogens with one attached hydrogen (secondary N) is 2. The van der Waals surface area contributed by atoms with Crippen LogP contribution >= 0.6 is 15.9 Å². The third-order valence-corrected chi connectivity index (χ3v) is 3.61. The summed E-state index contributed by atoms with van der Waals surface area (Å²) in [6, 6.07) is 11.9. The molecule has 2 rings (SSSR count). The summed E-state index contributed by atoms with van der Waals surface area (Å²) in [7, 11) is 0. The standard InChI is InChI=1S/C17H16BrFN2O3/c1-11(20-17(23)21-14-5-3-2-4-6-14)16(22)24-10-12-7-8-13(18)9-15(12)19/h2-9,11H,10H2,1H3,(H2,20,21,23)/t11-/m0/s1. The van der Waals surface area contributed by atoms with E-state index in [0.29, 0.717) is 10.2 Å². The van der Waals surface area contributed by atoms with Gasteiger partial charge in [-0.2, -0.15) is 0 Å². The highest BCUT2D eigenvalue weighted by molar-refractivity contribution is 9.10. The zero-order chi connectivity index (χ0) is 17.5. The Kier molecular flexibility index (Phi) is 6.31. The van der Waals surface area contributed by atoms with E-state index in [9.17, 15) is 14.0 Å². The lowest BCUT2D eigenvalue weighted by molar-refractivity contribution is -0.146. The van der Waals surface area contributed by atoms with Gasteiger partial charge in [-0.05, 0) is 31.2 Å². The van der Waals surface area contributed by atoms with Gasteiger partial charge >= 0.3 is 12.0 Å². The summed E-state index contributed by atoms with van der Waals surface area (Å²) < 4.78 is 19.3. The van der Waals surface area contributed by atoms with Crippen LogP contribution in [0.15, 0.2) is 53.0 Å². The van der Waals surface area contributed by atoms with Crippen LogP contribution in [0, 0.1) is 5.82 Å². The van der Waals surface area contributed by atoms with E-state index >= 15 is 0 Å². The average molecular weight is 395 g/mol. The Morgan fingerprint density at radius 2 is 1.92 bits per heavy atom. The molecule has 0 unspecified atom stereocenters. The fourth-order valence-electron chi connectivity index (χ4n) is 1.86. The summed E-state index contributed by atoms with van der Waals surface area (Å²) in [5.41, 5.74) is 0.861. The second-order valence-electron chi connectivity index (χ2n) is 5.03. The molecule has 0 spiro atoms. The van der Waals surface area contributed by atoms with Crippen LogP contribution in [0.5, 0.6) is 0 Å². The molecule has 2 aromatic carbocycles. The van der Waals surface area contributed by atoms with Gasteiger partial charge in [0.05, 0.1) is 0 Å². The summed E-state index contributed by atoms with van der Waals surface area (Å²) in [5.74, 6) is -1.12. The maximum Gasteiger partial charge on any atom is 0.328 e. The van der Waals surface area contributed by atoms with E-state index in [-0.39, 0.29) is 12.2 Å². The van der Waals surface area contributed by atoms with Crippen LogP contribution in [0.25, 0.3) is 0 Å². The van der Waals surface area contributed by atoms with Crippen LogP contribution in [0.1, 0.15) is 12.5 Å². The van der Waals surface area contributed by atoms with Gasteiger partial charge in [0, 0.05) is 15.7 Å². The predicted molar refractivity (Wildman–Crippen MR) is 92.0 cm³/mol. The van der Waals surface area contributed by atoms with Crippen molar-refractivity contribution in [1.29, 1.82) is 0 Å². The van der Waals surface area contributed by atoms with Crippen molar-refractivity contribution in [2.75, 3.05) is 5.32 Å². The summed E-state index contributed by atoms with van der Waals surface area (Å²) >= 11 is 3.15. The molecule has 0 bridgehead atoms. The number of ether oxygens (including phenoxy) is 1. The first-order chi connectivity index (χ1) is 11.5. The fraction of sp³-hybridized carbons (Fsp3) is 0.176. The molecule has 5 nitrogen and oxygen atoms in total. The molecular formula is C17H16BrFN2O3. The lowest BCUT2D eigenvalue weighted by Gasteiger charge is -2.14. The van der Waals surface area contributed by atoms with Crippen molar-refractivity contribution in [2.45, 2.75) is 19.6 Å². The van der Waals surface area contributed by atoms with Gasteiger partial charge in [-0.15, -0.1) is 0 Å². The number of benzene rings is 2. The Labute approximate surface area is 147 Å². The Bertz CT molecular complexity index is 725. The molecule has 1 atom stereocenters. The smallest absolute Gasteiger partial charge is 0.328 e. The molecule has 0 aliphatic heterocycles. The van der Waals surface area contributed by atoms with Crippen molar-refractivity contribution in [3.63, 3.8) is 0 Å². The molecule has 2 N–H and O–H groups in total. The molecule has 24 heavy (non-hydrogen) atoms. The Hall–Kier alpha value is -2.41. The second kappa shape index (κ2) is 8.44. The largest absolute Gasteiger partial charge is 0.459 e. The Morgan fingerprint density at radius 1 is 1.21 bits per heavy atom. The molecule has 0 heterocycles. The highest BCUT2D eigenvalue weighted by Gasteiger charge is 2.17. The van der Waals surface area contributed by atoms with Gasteiger partial charge in [0.2, 0.25) is 0 Å². The molecule has 0 fully saturated rings. The van der Waals surface area contributed by atoms with Gasteiger partial charge in [0.15, 0.2) is 0 Å². The number of para-hydroxylation sites is 1. The van der Waals surface area contributed by atoms with Crippen molar-refractivity contribution < 1.29 is 18.7 Å². The van der Waals surface area contributed by atoms with Gasteiger partial charge < -0.3 is 15.4 Å². The lowest BCUT2D eigenvalue weighted by atomic mass is 10.2. The molecule has 0 aliphatic carbocycles. The van der Waals surface area contributed by atoms with E-state index < -0.39 is 23.9 Å².